The van der Waals surface area contributed by atoms with Crippen molar-refractivity contribution in [1.29, 1.82) is 0 Å². The van der Waals surface area contributed by atoms with Gasteiger partial charge in [-0.05, 0) is 44.4 Å². The summed E-state index contributed by atoms with van der Waals surface area (Å²) in [4.78, 5) is 28.5. The Morgan fingerprint density at radius 2 is 1.62 bits per heavy atom. The van der Waals surface area contributed by atoms with Crippen LogP contribution in [0, 0.1) is 0 Å². The largest absolute Gasteiger partial charge is 0.352 e. The van der Waals surface area contributed by atoms with Gasteiger partial charge in [0.2, 0.25) is 11.8 Å². The molecule has 0 aromatic heterocycles. The van der Waals surface area contributed by atoms with Gasteiger partial charge in [-0.1, -0.05) is 55.5 Å². The van der Waals surface area contributed by atoms with Gasteiger partial charge in [0, 0.05) is 29.7 Å². The molecule has 0 aliphatic heterocycles. The first-order valence-corrected chi connectivity index (χ1v) is 11.3. The standard InChI is InChI=1S/C24H32N2O2S/c1-4-19(2)25-24(28)20(3)26(17-15-21-11-7-5-8-12-21)23(27)16-18-29-22-13-9-6-10-14-22/h5-14,19-20H,4,15-18H2,1-3H3,(H,25,28). The SMILES string of the molecule is CCC(C)NC(=O)C(C)N(CCc1ccccc1)C(=O)CCSc1ccccc1. The van der Waals surface area contributed by atoms with E-state index in [1.54, 1.807) is 16.7 Å². The fraction of sp³-hybridized carbons (Fsp3) is 0.417. The zero-order valence-corrected chi connectivity index (χ0v) is 18.5. The molecule has 2 amide bonds. The van der Waals surface area contributed by atoms with Gasteiger partial charge in [-0.15, -0.1) is 11.8 Å². The van der Waals surface area contributed by atoms with Crippen LogP contribution in [0.5, 0.6) is 0 Å². The highest BCUT2D eigenvalue weighted by molar-refractivity contribution is 7.99. The number of hydrogen-bond acceptors (Lipinski definition) is 3. The molecule has 0 aliphatic rings. The van der Waals surface area contributed by atoms with Crippen molar-refractivity contribution in [2.75, 3.05) is 12.3 Å². The van der Waals surface area contributed by atoms with Crippen molar-refractivity contribution < 1.29 is 9.59 Å². The quantitative estimate of drug-likeness (QED) is 0.551. The van der Waals surface area contributed by atoms with Crippen molar-refractivity contribution in [2.24, 2.45) is 0 Å². The molecule has 0 saturated heterocycles. The second-order valence-corrected chi connectivity index (χ2v) is 8.40. The first kappa shape index (κ1) is 23.0. The molecule has 0 fully saturated rings. The van der Waals surface area contributed by atoms with Gasteiger partial charge < -0.3 is 10.2 Å². The third-order valence-electron chi connectivity index (χ3n) is 4.98. The van der Waals surface area contributed by atoms with E-state index in [0.717, 1.165) is 17.7 Å². The summed E-state index contributed by atoms with van der Waals surface area (Å²) in [6.45, 7) is 6.38. The average molecular weight is 413 g/mol. The minimum absolute atomic E-state index is 0.0242. The van der Waals surface area contributed by atoms with E-state index in [1.165, 1.54) is 5.56 Å². The van der Waals surface area contributed by atoms with Gasteiger partial charge in [0.1, 0.15) is 6.04 Å². The van der Waals surface area contributed by atoms with E-state index in [0.29, 0.717) is 18.7 Å². The molecule has 5 heteroatoms. The van der Waals surface area contributed by atoms with Gasteiger partial charge >= 0.3 is 0 Å². The molecule has 0 heterocycles. The minimum atomic E-state index is -0.484. The van der Waals surface area contributed by atoms with E-state index < -0.39 is 6.04 Å². The lowest BCUT2D eigenvalue weighted by Crippen LogP contribution is -2.50. The highest BCUT2D eigenvalue weighted by Crippen LogP contribution is 2.19. The average Bonchev–Trinajstić information content (AvgIpc) is 2.75. The molecule has 2 aromatic carbocycles. The number of hydrogen-bond donors (Lipinski definition) is 1. The van der Waals surface area contributed by atoms with Gasteiger partial charge in [-0.25, -0.2) is 0 Å². The van der Waals surface area contributed by atoms with Crippen molar-refractivity contribution in [3.8, 4) is 0 Å². The summed E-state index contributed by atoms with van der Waals surface area (Å²) >= 11 is 1.67. The molecular formula is C24H32N2O2S. The Hall–Kier alpha value is -2.27. The number of thioether (sulfide) groups is 1. The van der Waals surface area contributed by atoms with E-state index in [-0.39, 0.29) is 17.9 Å². The zero-order chi connectivity index (χ0) is 21.1. The molecule has 2 rings (SSSR count). The van der Waals surface area contributed by atoms with Crippen molar-refractivity contribution in [3.63, 3.8) is 0 Å². The molecule has 2 atom stereocenters. The van der Waals surface area contributed by atoms with Crippen LogP contribution in [0.1, 0.15) is 39.2 Å². The highest BCUT2D eigenvalue weighted by Gasteiger charge is 2.26. The lowest BCUT2D eigenvalue weighted by atomic mass is 10.1. The Kier molecular flexibility index (Phi) is 9.78. The maximum absolute atomic E-state index is 13.0. The lowest BCUT2D eigenvalue weighted by molar-refractivity contribution is -0.139. The molecule has 156 valence electrons. The van der Waals surface area contributed by atoms with Gasteiger partial charge in [-0.3, -0.25) is 9.59 Å². The van der Waals surface area contributed by atoms with E-state index in [2.05, 4.69) is 17.4 Å². The molecular weight excluding hydrogens is 380 g/mol. The van der Waals surface area contributed by atoms with Crippen LogP contribution in [0.4, 0.5) is 0 Å². The predicted octanol–water partition coefficient (Wildman–Crippen LogP) is 4.54. The summed E-state index contributed by atoms with van der Waals surface area (Å²) in [5, 5.41) is 3.01. The monoisotopic (exact) mass is 412 g/mol. The summed E-state index contributed by atoms with van der Waals surface area (Å²) in [5.41, 5.74) is 1.17. The normalized spacial score (nSPS) is 12.8. The first-order valence-electron chi connectivity index (χ1n) is 10.3. The van der Waals surface area contributed by atoms with Crippen molar-refractivity contribution in [3.05, 3.63) is 66.2 Å². The fourth-order valence-electron chi connectivity index (χ4n) is 2.95. The molecule has 4 nitrogen and oxygen atoms in total. The van der Waals surface area contributed by atoms with Crippen molar-refractivity contribution in [2.45, 2.75) is 57.0 Å². The second-order valence-electron chi connectivity index (χ2n) is 7.23. The van der Waals surface area contributed by atoms with Crippen molar-refractivity contribution >= 4 is 23.6 Å². The minimum Gasteiger partial charge on any atom is -0.352 e. The zero-order valence-electron chi connectivity index (χ0n) is 17.6. The molecule has 0 saturated carbocycles. The summed E-state index contributed by atoms with van der Waals surface area (Å²) in [7, 11) is 0. The second kappa shape index (κ2) is 12.3. The summed E-state index contributed by atoms with van der Waals surface area (Å²) in [5.74, 6) is 0.636. The Morgan fingerprint density at radius 3 is 2.24 bits per heavy atom. The fourth-order valence-corrected chi connectivity index (χ4v) is 3.81. The van der Waals surface area contributed by atoms with Crippen LogP contribution in [-0.2, 0) is 16.0 Å². The number of carbonyl (C=O) groups is 2. The number of carbonyl (C=O) groups excluding carboxylic acids is 2. The van der Waals surface area contributed by atoms with Gasteiger partial charge in [0.15, 0.2) is 0 Å². The molecule has 0 aliphatic carbocycles. The van der Waals surface area contributed by atoms with Gasteiger partial charge in [-0.2, -0.15) is 0 Å². The van der Waals surface area contributed by atoms with Crippen LogP contribution >= 0.6 is 11.8 Å². The molecule has 2 unspecified atom stereocenters. The molecule has 0 bridgehead atoms. The van der Waals surface area contributed by atoms with E-state index in [4.69, 9.17) is 0 Å². The topological polar surface area (TPSA) is 49.4 Å². The maximum Gasteiger partial charge on any atom is 0.242 e. The van der Waals surface area contributed by atoms with Crippen LogP contribution in [0.25, 0.3) is 0 Å². The molecule has 29 heavy (non-hydrogen) atoms. The Labute approximate surface area is 179 Å². The number of benzene rings is 2. The van der Waals surface area contributed by atoms with Crippen LogP contribution in [-0.4, -0.2) is 41.1 Å². The summed E-state index contributed by atoms with van der Waals surface area (Å²) < 4.78 is 0. The summed E-state index contributed by atoms with van der Waals surface area (Å²) in [6.07, 6.45) is 2.01. The number of nitrogens with zero attached hydrogens (tertiary/aromatic N) is 1. The Balaban J connectivity index is 1.99. The van der Waals surface area contributed by atoms with E-state index in [1.807, 2.05) is 69.3 Å². The van der Waals surface area contributed by atoms with Crippen LogP contribution in [0.15, 0.2) is 65.6 Å². The van der Waals surface area contributed by atoms with Crippen molar-refractivity contribution in [1.82, 2.24) is 10.2 Å². The van der Waals surface area contributed by atoms with Crippen LogP contribution < -0.4 is 5.32 Å². The first-order chi connectivity index (χ1) is 14.0. The van der Waals surface area contributed by atoms with E-state index >= 15 is 0 Å². The Morgan fingerprint density at radius 1 is 1.00 bits per heavy atom. The molecule has 0 radical (unpaired) electrons. The molecule has 2 aromatic rings. The Bertz CT molecular complexity index is 752. The number of nitrogens with one attached hydrogen (secondary N) is 1. The molecule has 1 N–H and O–H groups in total. The van der Waals surface area contributed by atoms with Gasteiger partial charge in [0.05, 0.1) is 0 Å². The van der Waals surface area contributed by atoms with Gasteiger partial charge in [0.25, 0.3) is 0 Å². The maximum atomic E-state index is 13.0. The smallest absolute Gasteiger partial charge is 0.242 e. The van der Waals surface area contributed by atoms with Crippen LogP contribution in [0.3, 0.4) is 0 Å². The van der Waals surface area contributed by atoms with E-state index in [9.17, 15) is 9.59 Å². The summed E-state index contributed by atoms with van der Waals surface area (Å²) in [6, 6.07) is 19.8. The third-order valence-corrected chi connectivity index (χ3v) is 5.99. The number of rotatable bonds is 11. The molecule has 0 spiro atoms. The highest BCUT2D eigenvalue weighted by atomic mass is 32.2. The number of amides is 2. The predicted molar refractivity (Wildman–Crippen MR) is 121 cm³/mol. The third kappa shape index (κ3) is 7.94. The van der Waals surface area contributed by atoms with Crippen LogP contribution in [0.2, 0.25) is 0 Å². The lowest BCUT2D eigenvalue weighted by Gasteiger charge is -2.29.